The fourth-order valence-electron chi connectivity index (χ4n) is 3.42. The van der Waals surface area contributed by atoms with Crippen molar-refractivity contribution in [2.45, 2.75) is 17.7 Å². The van der Waals surface area contributed by atoms with E-state index in [4.69, 9.17) is 23.2 Å². The molecule has 146 valence electrons. The van der Waals surface area contributed by atoms with Gasteiger partial charge in [0.2, 0.25) is 0 Å². The normalized spacial score (nSPS) is 24.5. The zero-order valence-electron chi connectivity index (χ0n) is 14.6. The first-order chi connectivity index (χ1) is 13.3. The molecule has 0 aromatic heterocycles. The Morgan fingerprint density at radius 2 is 1.86 bits per heavy atom. The van der Waals surface area contributed by atoms with E-state index in [0.29, 0.717) is 15.2 Å². The quantitative estimate of drug-likeness (QED) is 0.704. The third-order valence-corrected chi connectivity index (χ3v) is 8.34. The van der Waals surface area contributed by atoms with Crippen molar-refractivity contribution in [3.05, 3.63) is 64.1 Å². The molecule has 0 N–H and O–H groups in total. The first-order valence-electron chi connectivity index (χ1n) is 8.58. The Morgan fingerprint density at radius 3 is 2.57 bits per heavy atom. The molecule has 2 fully saturated rings. The minimum absolute atomic E-state index is 0.0432. The van der Waals surface area contributed by atoms with Crippen LogP contribution in [0.15, 0.2) is 53.5 Å². The minimum atomic E-state index is -3.11. The number of carbonyl (C=O) groups excluding carboxylic acids is 1. The first kappa shape index (κ1) is 19.8. The van der Waals surface area contributed by atoms with Crippen molar-refractivity contribution in [1.29, 1.82) is 0 Å². The Bertz CT molecular complexity index is 1060. The summed E-state index contributed by atoms with van der Waals surface area (Å²) in [4.78, 5) is 18.7. The van der Waals surface area contributed by atoms with Gasteiger partial charge in [-0.1, -0.05) is 53.2 Å². The van der Waals surface area contributed by atoms with Gasteiger partial charge in [0.25, 0.3) is 5.91 Å². The second-order valence-electron chi connectivity index (χ2n) is 6.74. The highest BCUT2D eigenvalue weighted by atomic mass is 35.5. The molecule has 2 heterocycles. The smallest absolute Gasteiger partial charge is 0.252 e. The Labute approximate surface area is 177 Å². The van der Waals surface area contributed by atoms with Gasteiger partial charge in [-0.15, -0.1) is 0 Å². The standard InChI is InChI=1S/C19H16Cl2N2O3S2/c20-13-6-4-12(5-7-13)8-18(24)22-19-23(15-3-1-2-14(21)9-15)16-10-28(25,26)11-17(16)27-19/h1-7,9,16-17H,8,10-11H2/t16-,17-/m0/s1. The molecular formula is C19H16Cl2N2O3S2. The van der Waals surface area contributed by atoms with Crippen molar-refractivity contribution < 1.29 is 13.2 Å². The Hall–Kier alpha value is -1.54. The van der Waals surface area contributed by atoms with Gasteiger partial charge in [-0.25, -0.2) is 8.42 Å². The summed E-state index contributed by atoms with van der Waals surface area (Å²) in [5.74, 6) is -0.162. The molecule has 2 aromatic carbocycles. The van der Waals surface area contributed by atoms with Crippen LogP contribution in [-0.4, -0.2) is 42.3 Å². The number of halogens is 2. The average molecular weight is 455 g/mol. The molecule has 2 saturated heterocycles. The van der Waals surface area contributed by atoms with E-state index in [1.54, 1.807) is 42.5 Å². The van der Waals surface area contributed by atoms with Gasteiger partial charge in [0.1, 0.15) is 0 Å². The molecule has 0 bridgehead atoms. The van der Waals surface area contributed by atoms with Crippen LogP contribution in [0.3, 0.4) is 0 Å². The summed E-state index contributed by atoms with van der Waals surface area (Å²) in [6.07, 6.45) is 0.151. The summed E-state index contributed by atoms with van der Waals surface area (Å²) >= 11 is 13.4. The maximum absolute atomic E-state index is 12.5. The number of rotatable bonds is 3. The summed E-state index contributed by atoms with van der Waals surface area (Å²) in [5, 5.41) is 1.52. The van der Waals surface area contributed by atoms with E-state index in [2.05, 4.69) is 4.99 Å². The van der Waals surface area contributed by atoms with Crippen LogP contribution in [-0.2, 0) is 21.1 Å². The lowest BCUT2D eigenvalue weighted by Gasteiger charge is -2.24. The van der Waals surface area contributed by atoms with Crippen LogP contribution in [0.25, 0.3) is 0 Å². The number of benzene rings is 2. The van der Waals surface area contributed by atoms with Gasteiger partial charge in [0.15, 0.2) is 15.0 Å². The number of hydrogen-bond donors (Lipinski definition) is 0. The molecule has 0 spiro atoms. The second kappa shape index (κ2) is 7.71. The van der Waals surface area contributed by atoms with E-state index in [9.17, 15) is 13.2 Å². The van der Waals surface area contributed by atoms with Gasteiger partial charge in [-0.3, -0.25) is 4.79 Å². The summed E-state index contributed by atoms with van der Waals surface area (Å²) in [5.41, 5.74) is 1.56. The highest BCUT2D eigenvalue weighted by molar-refractivity contribution is 8.16. The van der Waals surface area contributed by atoms with Crippen molar-refractivity contribution in [3.8, 4) is 0 Å². The summed E-state index contributed by atoms with van der Waals surface area (Å²) in [6.45, 7) is 0. The highest BCUT2D eigenvalue weighted by Crippen LogP contribution is 2.41. The van der Waals surface area contributed by atoms with Crippen LogP contribution in [0.2, 0.25) is 10.0 Å². The predicted octanol–water partition coefficient (Wildman–Crippen LogP) is 3.84. The monoisotopic (exact) mass is 454 g/mol. The Kier molecular flexibility index (Phi) is 5.44. The van der Waals surface area contributed by atoms with E-state index in [0.717, 1.165) is 11.3 Å². The number of amidine groups is 1. The van der Waals surface area contributed by atoms with Gasteiger partial charge < -0.3 is 4.90 Å². The zero-order chi connectivity index (χ0) is 19.9. The van der Waals surface area contributed by atoms with Crippen molar-refractivity contribution >= 4 is 61.6 Å². The van der Waals surface area contributed by atoms with Gasteiger partial charge >= 0.3 is 0 Å². The Morgan fingerprint density at radius 1 is 1.11 bits per heavy atom. The molecule has 28 heavy (non-hydrogen) atoms. The maximum Gasteiger partial charge on any atom is 0.252 e. The summed E-state index contributed by atoms with van der Waals surface area (Å²) in [7, 11) is -3.11. The number of thioether (sulfide) groups is 1. The van der Waals surface area contributed by atoms with E-state index < -0.39 is 9.84 Å². The van der Waals surface area contributed by atoms with Gasteiger partial charge in [-0.2, -0.15) is 4.99 Å². The molecule has 0 unspecified atom stereocenters. The van der Waals surface area contributed by atoms with E-state index in [1.807, 2.05) is 11.0 Å². The molecule has 2 aliphatic heterocycles. The zero-order valence-corrected chi connectivity index (χ0v) is 17.7. The van der Waals surface area contributed by atoms with E-state index in [1.165, 1.54) is 11.8 Å². The third kappa shape index (κ3) is 4.22. The van der Waals surface area contributed by atoms with Crippen molar-refractivity contribution in [2.75, 3.05) is 16.4 Å². The molecule has 9 heteroatoms. The molecular weight excluding hydrogens is 439 g/mol. The molecule has 2 atom stereocenters. The maximum atomic E-state index is 12.5. The molecule has 0 aliphatic carbocycles. The average Bonchev–Trinajstić information content (AvgIpc) is 3.07. The van der Waals surface area contributed by atoms with Gasteiger partial charge in [0.05, 0.1) is 24.0 Å². The number of fused-ring (bicyclic) bond motifs is 1. The lowest BCUT2D eigenvalue weighted by molar-refractivity contribution is -0.117. The van der Waals surface area contributed by atoms with Crippen LogP contribution in [0.5, 0.6) is 0 Å². The largest absolute Gasteiger partial charge is 0.316 e. The number of aliphatic imine (C=N–C) groups is 1. The van der Waals surface area contributed by atoms with Gasteiger partial charge in [0, 0.05) is 21.0 Å². The van der Waals surface area contributed by atoms with Crippen molar-refractivity contribution in [2.24, 2.45) is 4.99 Å². The molecule has 2 aliphatic rings. The molecule has 0 radical (unpaired) electrons. The number of sulfone groups is 1. The number of nitrogens with zero attached hydrogens (tertiary/aromatic N) is 2. The number of amides is 1. The number of carbonyl (C=O) groups is 1. The third-order valence-electron chi connectivity index (χ3n) is 4.64. The topological polar surface area (TPSA) is 66.8 Å². The van der Waals surface area contributed by atoms with Crippen LogP contribution in [0.1, 0.15) is 5.56 Å². The van der Waals surface area contributed by atoms with Crippen molar-refractivity contribution in [3.63, 3.8) is 0 Å². The molecule has 2 aromatic rings. The molecule has 5 nitrogen and oxygen atoms in total. The van der Waals surface area contributed by atoms with Crippen LogP contribution in [0.4, 0.5) is 5.69 Å². The minimum Gasteiger partial charge on any atom is -0.316 e. The number of anilines is 1. The molecule has 0 saturated carbocycles. The lowest BCUT2D eigenvalue weighted by atomic mass is 10.1. The number of hydrogen-bond acceptors (Lipinski definition) is 4. The molecule has 4 rings (SSSR count). The lowest BCUT2D eigenvalue weighted by Crippen LogP contribution is -2.37. The van der Waals surface area contributed by atoms with E-state index >= 15 is 0 Å². The first-order valence-corrected chi connectivity index (χ1v) is 12.0. The SMILES string of the molecule is O=C(Cc1ccc(Cl)cc1)N=C1S[C@H]2CS(=O)(=O)C[C@@H]2N1c1cccc(Cl)c1. The van der Waals surface area contributed by atoms with Crippen LogP contribution >= 0.6 is 35.0 Å². The van der Waals surface area contributed by atoms with Crippen LogP contribution in [0, 0.1) is 0 Å². The Balaban J connectivity index is 1.63. The highest BCUT2D eigenvalue weighted by Gasteiger charge is 2.49. The van der Waals surface area contributed by atoms with Crippen LogP contribution < -0.4 is 4.90 Å². The molecule has 1 amide bonds. The summed E-state index contributed by atoms with van der Waals surface area (Å²) < 4.78 is 24.2. The summed E-state index contributed by atoms with van der Waals surface area (Å²) in [6, 6.07) is 13.9. The van der Waals surface area contributed by atoms with E-state index in [-0.39, 0.29) is 35.1 Å². The van der Waals surface area contributed by atoms with Gasteiger partial charge in [-0.05, 0) is 35.9 Å². The van der Waals surface area contributed by atoms with Crippen molar-refractivity contribution in [1.82, 2.24) is 0 Å². The predicted molar refractivity (Wildman–Crippen MR) is 115 cm³/mol. The fraction of sp³-hybridized carbons (Fsp3) is 0.263. The second-order valence-corrected chi connectivity index (χ2v) is 11.0. The fourth-order valence-corrected chi connectivity index (χ4v) is 7.66.